The molecule has 5 rings (SSSR count). The maximum Gasteiger partial charge on any atom is 0.129 e. The van der Waals surface area contributed by atoms with Crippen LogP contribution in [0.5, 0.6) is 0 Å². The van der Waals surface area contributed by atoms with Crippen LogP contribution < -0.4 is 9.80 Å². The molecule has 1 saturated heterocycles. The zero-order chi connectivity index (χ0) is 23.0. The van der Waals surface area contributed by atoms with Gasteiger partial charge in [-0.3, -0.25) is 0 Å². The molecule has 170 valence electrons. The number of carbonyl (C=O) groups is 1. The number of nitrogens with zero attached hydrogens (tertiary/aromatic N) is 2. The summed E-state index contributed by atoms with van der Waals surface area (Å²) < 4.78 is 1.11. The Hall–Kier alpha value is -2.59. The third kappa shape index (κ3) is 4.21. The molecule has 2 fully saturated rings. The summed E-state index contributed by atoms with van der Waals surface area (Å²) in [5, 5.41) is 0. The van der Waals surface area contributed by atoms with E-state index in [9.17, 15) is 4.79 Å². The van der Waals surface area contributed by atoms with Crippen molar-refractivity contribution in [1.82, 2.24) is 0 Å². The van der Waals surface area contributed by atoms with Crippen molar-refractivity contribution in [3.63, 3.8) is 0 Å². The van der Waals surface area contributed by atoms with E-state index in [1.165, 1.54) is 23.2 Å². The highest BCUT2D eigenvalue weighted by molar-refractivity contribution is 9.10. The van der Waals surface area contributed by atoms with Gasteiger partial charge in [0, 0.05) is 45.8 Å². The monoisotopic (exact) mass is 502 g/mol. The van der Waals surface area contributed by atoms with Crippen LogP contribution in [0.2, 0.25) is 0 Å². The highest BCUT2D eigenvalue weighted by Crippen LogP contribution is 2.51. The minimum absolute atomic E-state index is 0.0211. The number of aldehydes is 1. The Morgan fingerprint density at radius 3 is 2.09 bits per heavy atom. The second kappa shape index (κ2) is 8.98. The average Bonchev–Trinajstić information content (AvgIpc) is 2.83. The Labute approximate surface area is 205 Å². The van der Waals surface area contributed by atoms with E-state index >= 15 is 0 Å². The van der Waals surface area contributed by atoms with Crippen LogP contribution in [0.3, 0.4) is 0 Å². The SMILES string of the molecule is CC1(C)CC(C=O)C2CN(c3ccccc3)C(c3ccccc3Br)N(c3ccccc3)C2C1. The molecule has 3 nitrogen and oxygen atoms in total. The second-order valence-electron chi connectivity index (χ2n) is 10.2. The fraction of sp³-hybridized carbons (Fsp3) is 0.345. The first-order valence-corrected chi connectivity index (χ1v) is 12.6. The first-order valence-electron chi connectivity index (χ1n) is 11.8. The molecule has 0 radical (unpaired) electrons. The summed E-state index contributed by atoms with van der Waals surface area (Å²) in [5.41, 5.74) is 3.76. The lowest BCUT2D eigenvalue weighted by molar-refractivity contribution is -0.115. The van der Waals surface area contributed by atoms with E-state index in [4.69, 9.17) is 0 Å². The Balaban J connectivity index is 1.73. The van der Waals surface area contributed by atoms with Gasteiger partial charge in [0.15, 0.2) is 0 Å². The maximum absolute atomic E-state index is 12.4. The number of anilines is 2. The van der Waals surface area contributed by atoms with E-state index in [0.29, 0.717) is 0 Å². The van der Waals surface area contributed by atoms with Gasteiger partial charge >= 0.3 is 0 Å². The van der Waals surface area contributed by atoms with Gasteiger partial charge < -0.3 is 14.6 Å². The van der Waals surface area contributed by atoms with Gasteiger partial charge in [-0.2, -0.15) is 0 Å². The van der Waals surface area contributed by atoms with E-state index in [1.807, 2.05) is 0 Å². The fourth-order valence-corrected chi connectivity index (χ4v) is 6.54. The van der Waals surface area contributed by atoms with E-state index in [1.54, 1.807) is 0 Å². The summed E-state index contributed by atoms with van der Waals surface area (Å²) in [6.07, 6.45) is 3.26. The molecule has 4 unspecified atom stereocenters. The Kier molecular flexibility index (Phi) is 6.05. The zero-order valence-corrected chi connectivity index (χ0v) is 20.9. The van der Waals surface area contributed by atoms with Crippen LogP contribution in [-0.4, -0.2) is 18.9 Å². The molecule has 3 aromatic rings. The van der Waals surface area contributed by atoms with E-state index in [2.05, 4.69) is 125 Å². The Morgan fingerprint density at radius 1 is 0.848 bits per heavy atom. The number of rotatable bonds is 4. The van der Waals surface area contributed by atoms with Gasteiger partial charge in [-0.05, 0) is 48.6 Å². The normalized spacial score (nSPS) is 26.5. The molecule has 4 heteroatoms. The summed E-state index contributed by atoms with van der Waals surface area (Å²) in [6, 6.07) is 30.2. The van der Waals surface area contributed by atoms with Crippen molar-refractivity contribution in [3.05, 3.63) is 95.0 Å². The van der Waals surface area contributed by atoms with Crippen molar-refractivity contribution in [2.24, 2.45) is 17.3 Å². The minimum Gasteiger partial charge on any atom is -0.347 e. The van der Waals surface area contributed by atoms with Crippen molar-refractivity contribution >= 4 is 33.6 Å². The molecule has 0 spiro atoms. The standard InChI is InChI=1S/C29H31BrN2O/c1-29(2)17-21(20-33)25-19-31(22-11-5-3-6-12-22)28(24-15-9-10-16-26(24)30)32(27(25)18-29)23-13-7-4-8-14-23/h3-16,20-21,25,27-28H,17-19H2,1-2H3. The van der Waals surface area contributed by atoms with Gasteiger partial charge in [0.05, 0.1) is 0 Å². The van der Waals surface area contributed by atoms with Gasteiger partial charge in [-0.15, -0.1) is 0 Å². The number of fused-ring (bicyclic) bond motifs is 1. The van der Waals surface area contributed by atoms with Crippen molar-refractivity contribution in [3.8, 4) is 0 Å². The highest BCUT2D eigenvalue weighted by atomic mass is 79.9. The predicted octanol–water partition coefficient (Wildman–Crippen LogP) is 7.09. The molecular weight excluding hydrogens is 472 g/mol. The molecule has 1 aliphatic carbocycles. The van der Waals surface area contributed by atoms with Crippen molar-refractivity contribution < 1.29 is 4.79 Å². The van der Waals surface area contributed by atoms with Gasteiger partial charge in [0.25, 0.3) is 0 Å². The lowest BCUT2D eigenvalue weighted by Crippen LogP contribution is -2.63. The number of hydrogen-bond donors (Lipinski definition) is 0. The summed E-state index contributed by atoms with van der Waals surface area (Å²) in [5.74, 6) is 0.325. The lowest BCUT2D eigenvalue weighted by atomic mass is 9.63. The highest BCUT2D eigenvalue weighted by Gasteiger charge is 2.51. The molecule has 0 aromatic heterocycles. The van der Waals surface area contributed by atoms with E-state index < -0.39 is 0 Å². The van der Waals surface area contributed by atoms with Crippen LogP contribution in [0, 0.1) is 17.3 Å². The number of benzene rings is 3. The number of carbonyl (C=O) groups excluding carboxylic acids is 1. The largest absolute Gasteiger partial charge is 0.347 e. The van der Waals surface area contributed by atoms with Crippen LogP contribution in [0.15, 0.2) is 89.4 Å². The first kappa shape index (κ1) is 22.2. The smallest absolute Gasteiger partial charge is 0.129 e. The van der Waals surface area contributed by atoms with Crippen molar-refractivity contribution in [1.29, 1.82) is 0 Å². The van der Waals surface area contributed by atoms with Crippen molar-refractivity contribution in [2.45, 2.75) is 38.9 Å². The van der Waals surface area contributed by atoms with Gasteiger partial charge in [-0.1, -0.05) is 84.4 Å². The predicted molar refractivity (Wildman–Crippen MR) is 139 cm³/mol. The van der Waals surface area contributed by atoms with E-state index in [0.717, 1.165) is 23.9 Å². The fourth-order valence-electron chi connectivity index (χ4n) is 6.05. The van der Waals surface area contributed by atoms with Crippen molar-refractivity contribution in [2.75, 3.05) is 16.3 Å². The third-order valence-corrected chi connectivity index (χ3v) is 8.14. The molecule has 2 aliphatic rings. The van der Waals surface area contributed by atoms with Crippen LogP contribution in [0.4, 0.5) is 11.4 Å². The topological polar surface area (TPSA) is 23.6 Å². The third-order valence-electron chi connectivity index (χ3n) is 7.42. The Morgan fingerprint density at radius 2 is 1.45 bits per heavy atom. The zero-order valence-electron chi connectivity index (χ0n) is 19.3. The van der Waals surface area contributed by atoms with Gasteiger partial charge in [-0.25, -0.2) is 0 Å². The average molecular weight is 503 g/mol. The molecule has 3 aromatic carbocycles. The van der Waals surface area contributed by atoms with Crippen LogP contribution in [0.25, 0.3) is 0 Å². The molecule has 0 amide bonds. The number of para-hydroxylation sites is 2. The molecule has 33 heavy (non-hydrogen) atoms. The molecule has 1 aliphatic heterocycles. The molecule has 0 N–H and O–H groups in total. The van der Waals surface area contributed by atoms with Crippen LogP contribution >= 0.6 is 15.9 Å². The van der Waals surface area contributed by atoms with Crippen LogP contribution in [-0.2, 0) is 4.79 Å². The molecule has 0 bridgehead atoms. The lowest BCUT2D eigenvalue weighted by Gasteiger charge is -2.59. The van der Waals surface area contributed by atoms with Gasteiger partial charge in [0.1, 0.15) is 12.5 Å². The van der Waals surface area contributed by atoms with Crippen LogP contribution in [0.1, 0.15) is 38.4 Å². The quantitative estimate of drug-likeness (QED) is 0.355. The first-order chi connectivity index (χ1) is 16.0. The summed E-state index contributed by atoms with van der Waals surface area (Å²) >= 11 is 3.86. The maximum atomic E-state index is 12.4. The number of halogens is 1. The summed E-state index contributed by atoms with van der Waals surface area (Å²) in [7, 11) is 0. The van der Waals surface area contributed by atoms with E-state index in [-0.39, 0.29) is 29.5 Å². The number of hydrogen-bond acceptors (Lipinski definition) is 3. The Bertz CT molecular complexity index is 1100. The summed E-state index contributed by atoms with van der Waals surface area (Å²) in [6.45, 7) is 5.50. The molecule has 1 heterocycles. The molecular formula is C29H31BrN2O. The van der Waals surface area contributed by atoms with Gasteiger partial charge in [0.2, 0.25) is 0 Å². The second-order valence-corrected chi connectivity index (χ2v) is 11.1. The summed E-state index contributed by atoms with van der Waals surface area (Å²) in [4.78, 5) is 17.4. The molecule has 4 atom stereocenters. The molecule has 1 saturated carbocycles. The minimum atomic E-state index is 0.0211.